The zero-order chi connectivity index (χ0) is 12.4. The van der Waals surface area contributed by atoms with Crippen molar-refractivity contribution in [3.63, 3.8) is 0 Å². The van der Waals surface area contributed by atoms with E-state index in [0.717, 1.165) is 24.2 Å². The Kier molecular flexibility index (Phi) is 3.69. The van der Waals surface area contributed by atoms with Gasteiger partial charge >= 0.3 is 0 Å². The highest BCUT2D eigenvalue weighted by Crippen LogP contribution is 2.26. The summed E-state index contributed by atoms with van der Waals surface area (Å²) < 4.78 is 0. The SMILES string of the molecule is Cc1cccc(Cl)c1NC(=O)C1NCCC1C. The molecule has 92 valence electrons. The van der Waals surface area contributed by atoms with Crippen LogP contribution in [-0.2, 0) is 4.79 Å². The Hall–Kier alpha value is -1.06. The molecule has 1 aromatic carbocycles. The summed E-state index contributed by atoms with van der Waals surface area (Å²) >= 11 is 6.08. The van der Waals surface area contributed by atoms with Crippen LogP contribution in [0.25, 0.3) is 0 Å². The van der Waals surface area contributed by atoms with E-state index in [0.29, 0.717) is 10.9 Å². The van der Waals surface area contributed by atoms with Crippen LogP contribution in [-0.4, -0.2) is 18.5 Å². The molecule has 1 fully saturated rings. The molecule has 2 unspecified atom stereocenters. The summed E-state index contributed by atoms with van der Waals surface area (Å²) in [5, 5.41) is 6.71. The minimum atomic E-state index is -0.106. The molecule has 1 heterocycles. The topological polar surface area (TPSA) is 41.1 Å². The Morgan fingerprint density at radius 3 is 2.88 bits per heavy atom. The van der Waals surface area contributed by atoms with Crippen molar-refractivity contribution in [1.82, 2.24) is 5.32 Å². The van der Waals surface area contributed by atoms with Gasteiger partial charge in [-0.05, 0) is 37.4 Å². The van der Waals surface area contributed by atoms with E-state index in [1.807, 2.05) is 19.1 Å². The molecule has 1 amide bonds. The van der Waals surface area contributed by atoms with Crippen molar-refractivity contribution >= 4 is 23.2 Å². The molecule has 1 aliphatic heterocycles. The van der Waals surface area contributed by atoms with Crippen molar-refractivity contribution in [2.75, 3.05) is 11.9 Å². The van der Waals surface area contributed by atoms with Crippen molar-refractivity contribution in [1.29, 1.82) is 0 Å². The molecule has 0 bridgehead atoms. The second kappa shape index (κ2) is 5.07. The first-order valence-electron chi connectivity index (χ1n) is 5.89. The number of hydrogen-bond donors (Lipinski definition) is 2. The van der Waals surface area contributed by atoms with Gasteiger partial charge in [-0.3, -0.25) is 4.79 Å². The van der Waals surface area contributed by atoms with Crippen molar-refractivity contribution in [3.05, 3.63) is 28.8 Å². The molecule has 2 N–H and O–H groups in total. The second-order valence-corrected chi connectivity index (χ2v) is 5.03. The summed E-state index contributed by atoms with van der Waals surface area (Å²) in [7, 11) is 0. The van der Waals surface area contributed by atoms with Crippen LogP contribution < -0.4 is 10.6 Å². The molecule has 0 aromatic heterocycles. The van der Waals surface area contributed by atoms with Gasteiger partial charge in [0.05, 0.1) is 16.8 Å². The number of halogens is 1. The maximum atomic E-state index is 12.1. The van der Waals surface area contributed by atoms with Gasteiger partial charge < -0.3 is 10.6 Å². The van der Waals surface area contributed by atoms with Gasteiger partial charge in [0, 0.05) is 0 Å². The zero-order valence-corrected chi connectivity index (χ0v) is 10.8. The van der Waals surface area contributed by atoms with Crippen molar-refractivity contribution in [3.8, 4) is 0 Å². The lowest BCUT2D eigenvalue weighted by Crippen LogP contribution is -2.39. The summed E-state index contributed by atoms with van der Waals surface area (Å²) in [4.78, 5) is 12.1. The van der Waals surface area contributed by atoms with E-state index in [9.17, 15) is 4.79 Å². The average Bonchev–Trinajstić information content (AvgIpc) is 2.70. The highest BCUT2D eigenvalue weighted by atomic mass is 35.5. The number of amides is 1. The highest BCUT2D eigenvalue weighted by molar-refractivity contribution is 6.34. The minimum absolute atomic E-state index is 0.00574. The van der Waals surface area contributed by atoms with Gasteiger partial charge in [0.2, 0.25) is 5.91 Å². The molecule has 0 aliphatic carbocycles. The lowest BCUT2D eigenvalue weighted by atomic mass is 10.0. The van der Waals surface area contributed by atoms with Gasteiger partial charge in [-0.25, -0.2) is 0 Å². The van der Waals surface area contributed by atoms with Crippen LogP contribution in [0.4, 0.5) is 5.69 Å². The van der Waals surface area contributed by atoms with Crippen molar-refractivity contribution in [2.24, 2.45) is 5.92 Å². The summed E-state index contributed by atoms with van der Waals surface area (Å²) in [5.74, 6) is 0.379. The van der Waals surface area contributed by atoms with Crippen molar-refractivity contribution < 1.29 is 4.79 Å². The van der Waals surface area contributed by atoms with Gasteiger partial charge in [-0.2, -0.15) is 0 Å². The van der Waals surface area contributed by atoms with E-state index in [1.165, 1.54) is 0 Å². The molecule has 4 heteroatoms. The first kappa shape index (κ1) is 12.4. The van der Waals surface area contributed by atoms with Crippen LogP contribution in [0.5, 0.6) is 0 Å². The van der Waals surface area contributed by atoms with E-state index < -0.39 is 0 Å². The zero-order valence-electron chi connectivity index (χ0n) is 10.1. The number of anilines is 1. The largest absolute Gasteiger partial charge is 0.323 e. The quantitative estimate of drug-likeness (QED) is 0.850. The van der Waals surface area contributed by atoms with Crippen LogP contribution in [0.15, 0.2) is 18.2 Å². The lowest BCUT2D eigenvalue weighted by Gasteiger charge is -2.17. The molecule has 17 heavy (non-hydrogen) atoms. The van der Waals surface area contributed by atoms with Gasteiger partial charge in [0.25, 0.3) is 0 Å². The third-order valence-corrected chi connectivity index (χ3v) is 3.60. The molecule has 2 atom stereocenters. The van der Waals surface area contributed by atoms with Gasteiger partial charge in [-0.1, -0.05) is 30.7 Å². The molecular weight excluding hydrogens is 236 g/mol. The normalized spacial score (nSPS) is 23.7. The number of rotatable bonds is 2. The van der Waals surface area contributed by atoms with Gasteiger partial charge in [0.15, 0.2) is 0 Å². The Morgan fingerprint density at radius 2 is 2.29 bits per heavy atom. The number of nitrogens with one attached hydrogen (secondary N) is 2. The molecular formula is C13H17ClN2O. The smallest absolute Gasteiger partial charge is 0.241 e. The predicted octanol–water partition coefficient (Wildman–Crippen LogP) is 2.58. The van der Waals surface area contributed by atoms with Gasteiger partial charge in [-0.15, -0.1) is 0 Å². The number of para-hydroxylation sites is 1. The van der Waals surface area contributed by atoms with Crippen LogP contribution >= 0.6 is 11.6 Å². The fourth-order valence-electron chi connectivity index (χ4n) is 2.18. The summed E-state index contributed by atoms with van der Waals surface area (Å²) in [6.45, 7) is 4.93. The van der Waals surface area contributed by atoms with E-state index in [1.54, 1.807) is 6.07 Å². The second-order valence-electron chi connectivity index (χ2n) is 4.62. The molecule has 1 aliphatic rings. The molecule has 2 rings (SSSR count). The Balaban J connectivity index is 2.13. The fourth-order valence-corrected chi connectivity index (χ4v) is 2.45. The summed E-state index contributed by atoms with van der Waals surface area (Å²) in [5.41, 5.74) is 1.71. The molecule has 3 nitrogen and oxygen atoms in total. The predicted molar refractivity (Wildman–Crippen MR) is 70.4 cm³/mol. The third kappa shape index (κ3) is 2.61. The minimum Gasteiger partial charge on any atom is -0.323 e. The van der Waals surface area contributed by atoms with E-state index in [2.05, 4.69) is 17.6 Å². The molecule has 1 saturated heterocycles. The van der Waals surface area contributed by atoms with E-state index in [-0.39, 0.29) is 11.9 Å². The van der Waals surface area contributed by atoms with E-state index >= 15 is 0 Å². The van der Waals surface area contributed by atoms with E-state index in [4.69, 9.17) is 11.6 Å². The maximum absolute atomic E-state index is 12.1. The number of carbonyl (C=O) groups is 1. The number of benzene rings is 1. The summed E-state index contributed by atoms with van der Waals surface area (Å²) in [6, 6.07) is 5.50. The third-order valence-electron chi connectivity index (χ3n) is 3.29. The molecule has 0 spiro atoms. The molecule has 0 saturated carbocycles. The van der Waals surface area contributed by atoms with Crippen molar-refractivity contribution in [2.45, 2.75) is 26.3 Å². The Morgan fingerprint density at radius 1 is 1.53 bits per heavy atom. The standard InChI is InChI=1S/C13H17ClN2O/c1-8-4-3-5-10(14)11(8)16-13(17)12-9(2)6-7-15-12/h3-5,9,12,15H,6-7H2,1-2H3,(H,16,17). The first-order chi connectivity index (χ1) is 8.09. The van der Waals surface area contributed by atoms with Crippen LogP contribution in [0.1, 0.15) is 18.9 Å². The maximum Gasteiger partial charge on any atom is 0.241 e. The Labute approximate surface area is 107 Å². The summed E-state index contributed by atoms with van der Waals surface area (Å²) in [6.07, 6.45) is 1.04. The van der Waals surface area contributed by atoms with Crippen LogP contribution in [0.2, 0.25) is 5.02 Å². The molecule has 1 aromatic rings. The highest BCUT2D eigenvalue weighted by Gasteiger charge is 2.29. The fraction of sp³-hybridized carbons (Fsp3) is 0.462. The Bertz CT molecular complexity index is 413. The number of aryl methyl sites for hydroxylation is 1. The first-order valence-corrected chi connectivity index (χ1v) is 6.26. The monoisotopic (exact) mass is 252 g/mol. The average molecular weight is 253 g/mol. The van der Waals surface area contributed by atoms with Gasteiger partial charge in [0.1, 0.15) is 0 Å². The van der Waals surface area contributed by atoms with Crippen LogP contribution in [0, 0.1) is 12.8 Å². The number of hydrogen-bond acceptors (Lipinski definition) is 2. The van der Waals surface area contributed by atoms with Crippen LogP contribution in [0.3, 0.4) is 0 Å². The lowest BCUT2D eigenvalue weighted by molar-refractivity contribution is -0.118. The number of carbonyl (C=O) groups excluding carboxylic acids is 1. The molecule has 0 radical (unpaired) electrons.